The zero-order valence-electron chi connectivity index (χ0n) is 18.5. The van der Waals surface area contributed by atoms with E-state index in [-0.39, 0.29) is 29.1 Å². The first-order chi connectivity index (χ1) is 15.0. The molecule has 0 saturated heterocycles. The minimum atomic E-state index is -2.32. The van der Waals surface area contributed by atoms with Crippen LogP contribution in [0.1, 0.15) is 27.9 Å². The van der Waals surface area contributed by atoms with Gasteiger partial charge < -0.3 is 25.3 Å². The summed E-state index contributed by atoms with van der Waals surface area (Å²) < 4.78 is 0. The molecule has 4 atom stereocenters. The van der Waals surface area contributed by atoms with E-state index >= 15 is 0 Å². The number of phenols is 1. The molecule has 3 aliphatic carbocycles. The SMILES string of the molecule is CON(C)Cc1ccc(O)c2c1C[C@H]1C[C@H]3[C@H](N(C)C)C(O)=CC(=O)[C@@]3(O)C(O)=C1C2=O. The highest BCUT2D eigenvalue weighted by Gasteiger charge is 2.60. The Kier molecular flexibility index (Phi) is 5.41. The van der Waals surface area contributed by atoms with E-state index in [1.165, 1.54) is 13.2 Å². The number of rotatable bonds is 4. The monoisotopic (exact) mass is 444 g/mol. The molecule has 0 amide bonds. The summed E-state index contributed by atoms with van der Waals surface area (Å²) in [5, 5.41) is 45.0. The summed E-state index contributed by atoms with van der Waals surface area (Å²) in [6, 6.07) is 2.44. The number of allylic oxidation sites excluding steroid dienone is 1. The fourth-order valence-electron chi connectivity index (χ4n) is 5.46. The molecule has 9 nitrogen and oxygen atoms in total. The molecule has 1 aromatic rings. The lowest BCUT2D eigenvalue weighted by atomic mass is 9.59. The second-order valence-corrected chi connectivity index (χ2v) is 9.01. The van der Waals surface area contributed by atoms with Gasteiger partial charge in [0.1, 0.15) is 17.3 Å². The molecule has 172 valence electrons. The number of hydrogen-bond donors (Lipinski definition) is 4. The number of likely N-dealkylation sites (N-methyl/N-ethyl adjacent to an activating group) is 1. The lowest BCUT2D eigenvalue weighted by Crippen LogP contribution is -2.61. The Labute approximate surface area is 185 Å². The molecule has 4 rings (SSSR count). The second kappa shape index (κ2) is 7.70. The maximum absolute atomic E-state index is 13.5. The van der Waals surface area contributed by atoms with Gasteiger partial charge in [0.25, 0.3) is 0 Å². The Morgan fingerprint density at radius 1 is 1.16 bits per heavy atom. The van der Waals surface area contributed by atoms with Crippen LogP contribution < -0.4 is 0 Å². The summed E-state index contributed by atoms with van der Waals surface area (Å²) in [6.07, 6.45) is 1.44. The number of hydroxylamine groups is 2. The average molecular weight is 444 g/mol. The van der Waals surface area contributed by atoms with Gasteiger partial charge in [-0.05, 0) is 50.0 Å². The number of ketones is 2. The van der Waals surface area contributed by atoms with Crippen LogP contribution in [0.25, 0.3) is 0 Å². The molecule has 0 heterocycles. The van der Waals surface area contributed by atoms with Gasteiger partial charge in [-0.15, -0.1) is 0 Å². The number of aliphatic hydroxyl groups excluding tert-OH is 2. The van der Waals surface area contributed by atoms with E-state index in [0.29, 0.717) is 18.5 Å². The van der Waals surface area contributed by atoms with Crippen molar-refractivity contribution in [2.45, 2.75) is 31.0 Å². The van der Waals surface area contributed by atoms with Gasteiger partial charge in [-0.25, -0.2) is 0 Å². The van der Waals surface area contributed by atoms with E-state index in [2.05, 4.69) is 0 Å². The lowest BCUT2D eigenvalue weighted by molar-refractivity contribution is -0.145. The third kappa shape index (κ3) is 3.07. The number of Topliss-reactive ketones (excluding diaryl/α,β-unsaturated/α-hetero) is 1. The molecule has 0 fully saturated rings. The van der Waals surface area contributed by atoms with Gasteiger partial charge in [-0.3, -0.25) is 14.5 Å². The van der Waals surface area contributed by atoms with Crippen LogP contribution in [0, 0.1) is 11.8 Å². The second-order valence-electron chi connectivity index (χ2n) is 9.01. The van der Waals surface area contributed by atoms with Gasteiger partial charge in [0, 0.05) is 31.2 Å². The quantitative estimate of drug-likeness (QED) is 0.507. The zero-order valence-corrected chi connectivity index (χ0v) is 18.5. The maximum atomic E-state index is 13.5. The van der Waals surface area contributed by atoms with Crippen LogP contribution in [-0.4, -0.2) is 81.9 Å². The number of nitrogens with zero attached hydrogens (tertiary/aromatic N) is 2. The lowest BCUT2D eigenvalue weighted by Gasteiger charge is -2.49. The first-order valence-electron chi connectivity index (χ1n) is 10.4. The Balaban J connectivity index is 1.88. The van der Waals surface area contributed by atoms with Gasteiger partial charge >= 0.3 is 0 Å². The van der Waals surface area contributed by atoms with E-state index in [1.54, 1.807) is 37.2 Å². The standard InChI is InChI=1S/C23H28N2O7/c1-24(2)20-14-8-12-7-13-11(10-25(3)32-4)5-6-15(26)19(13)21(29)18(12)22(30)23(14,31)17(28)9-16(20)27/h5-6,9,12,14,20,26-27,30-31H,7-8,10H2,1-4H3/t12-,14-,20-,23+/m0/s1. The van der Waals surface area contributed by atoms with E-state index in [9.17, 15) is 30.0 Å². The smallest absolute Gasteiger partial charge is 0.198 e. The number of aliphatic hydroxyl groups is 3. The summed E-state index contributed by atoms with van der Waals surface area (Å²) in [6.45, 7) is 0.375. The van der Waals surface area contributed by atoms with Gasteiger partial charge in [0.2, 0.25) is 0 Å². The van der Waals surface area contributed by atoms with Crippen molar-refractivity contribution >= 4 is 11.6 Å². The molecule has 32 heavy (non-hydrogen) atoms. The number of fused-ring (bicyclic) bond motifs is 3. The number of hydrogen-bond acceptors (Lipinski definition) is 9. The van der Waals surface area contributed by atoms with Crippen LogP contribution in [0.5, 0.6) is 5.75 Å². The third-order valence-corrected chi connectivity index (χ3v) is 7.01. The minimum Gasteiger partial charge on any atom is -0.510 e. The van der Waals surface area contributed by atoms with Crippen molar-refractivity contribution in [1.29, 1.82) is 0 Å². The summed E-state index contributed by atoms with van der Waals surface area (Å²) in [7, 11) is 6.69. The number of carbonyl (C=O) groups excluding carboxylic acids is 2. The van der Waals surface area contributed by atoms with Crippen molar-refractivity contribution < 1.29 is 34.9 Å². The molecular formula is C23H28N2O7. The fraction of sp³-hybridized carbons (Fsp3) is 0.478. The summed E-state index contributed by atoms with van der Waals surface area (Å²) in [4.78, 5) is 33.1. The molecule has 4 N–H and O–H groups in total. The topological polar surface area (TPSA) is 131 Å². The van der Waals surface area contributed by atoms with Crippen LogP contribution in [0.4, 0.5) is 0 Å². The highest BCUT2D eigenvalue weighted by atomic mass is 16.7. The van der Waals surface area contributed by atoms with Crippen molar-refractivity contribution in [2.24, 2.45) is 11.8 Å². The summed E-state index contributed by atoms with van der Waals surface area (Å²) in [5.41, 5.74) is -0.860. The van der Waals surface area contributed by atoms with Gasteiger partial charge in [0.05, 0.1) is 18.7 Å². The van der Waals surface area contributed by atoms with E-state index < -0.39 is 40.8 Å². The minimum absolute atomic E-state index is 0.0514. The van der Waals surface area contributed by atoms with Crippen LogP contribution in [0.3, 0.4) is 0 Å². The van der Waals surface area contributed by atoms with Crippen molar-refractivity contribution in [1.82, 2.24) is 9.96 Å². The molecule has 0 radical (unpaired) electrons. The van der Waals surface area contributed by atoms with Gasteiger partial charge in [-0.2, -0.15) is 5.06 Å². The van der Waals surface area contributed by atoms with Gasteiger partial charge in [-0.1, -0.05) is 6.07 Å². The molecule has 0 aromatic heterocycles. The molecule has 0 bridgehead atoms. The molecular weight excluding hydrogens is 416 g/mol. The number of benzene rings is 1. The first kappa shape index (κ1) is 22.5. The van der Waals surface area contributed by atoms with Crippen molar-refractivity contribution in [3.8, 4) is 5.75 Å². The maximum Gasteiger partial charge on any atom is 0.198 e. The Hall–Kier alpha value is -2.72. The van der Waals surface area contributed by atoms with Crippen LogP contribution in [-0.2, 0) is 22.6 Å². The van der Waals surface area contributed by atoms with Crippen molar-refractivity contribution in [3.05, 3.63) is 52.0 Å². The highest BCUT2D eigenvalue weighted by Crippen LogP contribution is 2.51. The van der Waals surface area contributed by atoms with Crippen LogP contribution >= 0.6 is 0 Å². The number of phenolic OH excluding ortho intramolecular Hbond substituents is 1. The highest BCUT2D eigenvalue weighted by molar-refractivity contribution is 6.15. The molecule has 9 heteroatoms. The zero-order chi connectivity index (χ0) is 23.5. The van der Waals surface area contributed by atoms with Gasteiger partial charge in [0.15, 0.2) is 17.2 Å². The predicted molar refractivity (Wildman–Crippen MR) is 114 cm³/mol. The Morgan fingerprint density at radius 2 is 1.84 bits per heavy atom. The largest absolute Gasteiger partial charge is 0.510 e. The molecule has 3 aliphatic rings. The van der Waals surface area contributed by atoms with E-state index in [1.807, 2.05) is 0 Å². The first-order valence-corrected chi connectivity index (χ1v) is 10.4. The fourth-order valence-corrected chi connectivity index (χ4v) is 5.46. The Bertz CT molecular complexity index is 1060. The predicted octanol–water partition coefficient (Wildman–Crippen LogP) is 1.26. The summed E-state index contributed by atoms with van der Waals surface area (Å²) >= 11 is 0. The van der Waals surface area contributed by atoms with Crippen LogP contribution in [0.2, 0.25) is 0 Å². The molecule has 0 unspecified atom stereocenters. The van der Waals surface area contributed by atoms with Crippen molar-refractivity contribution in [2.75, 3.05) is 28.3 Å². The average Bonchev–Trinajstić information content (AvgIpc) is 2.72. The number of carbonyl (C=O) groups is 2. The number of aromatic hydroxyl groups is 1. The molecule has 0 saturated carbocycles. The summed E-state index contributed by atoms with van der Waals surface area (Å²) in [5.74, 6) is -3.90. The van der Waals surface area contributed by atoms with E-state index in [4.69, 9.17) is 4.84 Å². The third-order valence-electron chi connectivity index (χ3n) is 7.01. The van der Waals surface area contributed by atoms with Crippen molar-refractivity contribution in [3.63, 3.8) is 0 Å². The van der Waals surface area contributed by atoms with Crippen LogP contribution in [0.15, 0.2) is 35.3 Å². The van der Waals surface area contributed by atoms with E-state index in [0.717, 1.165) is 11.6 Å². The Morgan fingerprint density at radius 3 is 2.47 bits per heavy atom. The molecule has 0 spiro atoms. The molecule has 0 aliphatic heterocycles. The normalized spacial score (nSPS) is 29.7. The molecule has 1 aromatic carbocycles.